The lowest BCUT2D eigenvalue weighted by molar-refractivity contribution is -0.144. The number of hydrogen-bond acceptors (Lipinski definition) is 4. The average Bonchev–Trinajstić information content (AvgIpc) is 2.18. The van der Waals surface area contributed by atoms with Gasteiger partial charge in [-0.25, -0.2) is 0 Å². The Bertz CT molecular complexity index is 208. The summed E-state index contributed by atoms with van der Waals surface area (Å²) in [5.74, 6) is -0.253. The number of carbonyl (C=O) groups is 1. The third kappa shape index (κ3) is 2.45. The van der Waals surface area contributed by atoms with Crippen LogP contribution in [0.1, 0.15) is 32.1 Å². The molecule has 0 spiro atoms. The lowest BCUT2D eigenvalue weighted by Gasteiger charge is -2.39. The summed E-state index contributed by atoms with van der Waals surface area (Å²) in [5, 5.41) is 0. The quantitative estimate of drug-likeness (QED) is 0.687. The fourth-order valence-corrected chi connectivity index (χ4v) is 2.13. The van der Waals surface area contributed by atoms with Crippen LogP contribution in [0.15, 0.2) is 0 Å². The van der Waals surface area contributed by atoms with Gasteiger partial charge in [0.15, 0.2) is 0 Å². The van der Waals surface area contributed by atoms with Crippen LogP contribution in [0.2, 0.25) is 0 Å². The summed E-state index contributed by atoms with van der Waals surface area (Å²) in [7, 11) is 3.03. The van der Waals surface area contributed by atoms with Crippen LogP contribution < -0.4 is 5.73 Å². The molecule has 4 heteroatoms. The molecule has 14 heavy (non-hydrogen) atoms. The van der Waals surface area contributed by atoms with Crippen molar-refractivity contribution in [3.63, 3.8) is 0 Å². The number of rotatable bonds is 3. The first kappa shape index (κ1) is 11.5. The number of hydrogen-bond donors (Lipinski definition) is 1. The number of carbonyl (C=O) groups excluding carboxylic acids is 1. The van der Waals surface area contributed by atoms with E-state index in [1.165, 1.54) is 7.11 Å². The molecule has 0 aromatic heterocycles. The molecule has 1 rings (SSSR count). The number of nitrogens with two attached hydrogens (primary N) is 1. The molecule has 2 unspecified atom stereocenters. The van der Waals surface area contributed by atoms with Crippen LogP contribution in [0.3, 0.4) is 0 Å². The minimum Gasteiger partial charge on any atom is -0.469 e. The van der Waals surface area contributed by atoms with E-state index < -0.39 is 5.54 Å². The Labute approximate surface area is 84.7 Å². The SMILES string of the molecule is COC(=O)CC1(N)CCCCC1OC. The molecule has 1 fully saturated rings. The maximum atomic E-state index is 11.2. The topological polar surface area (TPSA) is 61.5 Å². The van der Waals surface area contributed by atoms with Crippen molar-refractivity contribution in [2.24, 2.45) is 5.73 Å². The Morgan fingerprint density at radius 1 is 1.50 bits per heavy atom. The lowest BCUT2D eigenvalue weighted by atomic mass is 9.77. The largest absolute Gasteiger partial charge is 0.469 e. The van der Waals surface area contributed by atoms with Crippen LogP contribution in [-0.4, -0.2) is 31.8 Å². The first-order chi connectivity index (χ1) is 6.62. The highest BCUT2D eigenvalue weighted by Gasteiger charge is 2.39. The average molecular weight is 201 g/mol. The van der Waals surface area contributed by atoms with Gasteiger partial charge < -0.3 is 15.2 Å². The van der Waals surface area contributed by atoms with Gasteiger partial charge >= 0.3 is 5.97 Å². The van der Waals surface area contributed by atoms with E-state index in [0.717, 1.165) is 25.7 Å². The molecule has 0 aliphatic heterocycles. The van der Waals surface area contributed by atoms with E-state index in [-0.39, 0.29) is 18.5 Å². The Morgan fingerprint density at radius 2 is 2.21 bits per heavy atom. The molecular weight excluding hydrogens is 182 g/mol. The molecule has 0 saturated heterocycles. The molecule has 0 radical (unpaired) electrons. The summed E-state index contributed by atoms with van der Waals surface area (Å²) in [6, 6.07) is 0. The molecule has 2 N–H and O–H groups in total. The van der Waals surface area contributed by atoms with Gasteiger partial charge in [0.25, 0.3) is 0 Å². The van der Waals surface area contributed by atoms with Crippen LogP contribution in [0.25, 0.3) is 0 Å². The van der Waals surface area contributed by atoms with Gasteiger partial charge in [0.2, 0.25) is 0 Å². The van der Waals surface area contributed by atoms with E-state index in [4.69, 9.17) is 10.5 Å². The maximum absolute atomic E-state index is 11.2. The van der Waals surface area contributed by atoms with Gasteiger partial charge in [0.05, 0.1) is 25.2 Å². The molecule has 0 bridgehead atoms. The van der Waals surface area contributed by atoms with Crippen LogP contribution >= 0.6 is 0 Å². The number of methoxy groups -OCH3 is 2. The van der Waals surface area contributed by atoms with Gasteiger partial charge in [-0.3, -0.25) is 4.79 Å². The third-order valence-corrected chi connectivity index (χ3v) is 2.99. The fraction of sp³-hybridized carbons (Fsp3) is 0.900. The van der Waals surface area contributed by atoms with E-state index in [2.05, 4.69) is 4.74 Å². The van der Waals surface area contributed by atoms with Gasteiger partial charge in [0, 0.05) is 7.11 Å². The van der Waals surface area contributed by atoms with Crippen LogP contribution in [-0.2, 0) is 14.3 Å². The summed E-state index contributed by atoms with van der Waals surface area (Å²) < 4.78 is 9.96. The molecule has 2 atom stereocenters. The third-order valence-electron chi connectivity index (χ3n) is 2.99. The van der Waals surface area contributed by atoms with E-state index >= 15 is 0 Å². The van der Waals surface area contributed by atoms with Crippen molar-refractivity contribution in [2.75, 3.05) is 14.2 Å². The van der Waals surface area contributed by atoms with Crippen LogP contribution in [0.5, 0.6) is 0 Å². The second kappa shape index (κ2) is 4.75. The van der Waals surface area contributed by atoms with Gasteiger partial charge in [-0.2, -0.15) is 0 Å². The van der Waals surface area contributed by atoms with Gasteiger partial charge in [-0.1, -0.05) is 12.8 Å². The summed E-state index contributed by atoms with van der Waals surface area (Å²) >= 11 is 0. The highest BCUT2D eigenvalue weighted by Crippen LogP contribution is 2.31. The molecule has 1 aliphatic rings. The first-order valence-electron chi connectivity index (χ1n) is 5.01. The van der Waals surface area contributed by atoms with Crippen molar-refractivity contribution < 1.29 is 14.3 Å². The molecule has 0 aromatic carbocycles. The zero-order valence-electron chi connectivity index (χ0n) is 8.91. The van der Waals surface area contributed by atoms with Crippen LogP contribution in [0, 0.1) is 0 Å². The predicted molar refractivity (Wildman–Crippen MR) is 52.8 cm³/mol. The molecule has 0 aromatic rings. The zero-order valence-corrected chi connectivity index (χ0v) is 8.91. The molecule has 0 amide bonds. The van der Waals surface area contributed by atoms with Gasteiger partial charge in [-0.15, -0.1) is 0 Å². The predicted octanol–water partition coefficient (Wildman–Crippen LogP) is 0.836. The Morgan fingerprint density at radius 3 is 2.79 bits per heavy atom. The second-order valence-electron chi connectivity index (χ2n) is 3.96. The smallest absolute Gasteiger partial charge is 0.307 e. The summed E-state index contributed by atoms with van der Waals surface area (Å²) in [6.45, 7) is 0. The Balaban J connectivity index is 2.62. The molecular formula is C10H19NO3. The molecule has 0 heterocycles. The molecule has 82 valence electrons. The highest BCUT2D eigenvalue weighted by molar-refractivity contribution is 5.70. The molecule has 1 aliphatic carbocycles. The number of esters is 1. The van der Waals surface area contributed by atoms with Crippen molar-refractivity contribution >= 4 is 5.97 Å². The monoisotopic (exact) mass is 201 g/mol. The zero-order chi connectivity index (χ0) is 10.6. The van der Waals surface area contributed by atoms with Gasteiger partial charge in [-0.05, 0) is 12.8 Å². The van der Waals surface area contributed by atoms with E-state index in [9.17, 15) is 4.79 Å². The van der Waals surface area contributed by atoms with Crippen molar-refractivity contribution in [3.8, 4) is 0 Å². The fourth-order valence-electron chi connectivity index (χ4n) is 2.13. The van der Waals surface area contributed by atoms with Crippen molar-refractivity contribution in [1.29, 1.82) is 0 Å². The van der Waals surface area contributed by atoms with Crippen molar-refractivity contribution in [3.05, 3.63) is 0 Å². The summed E-state index contributed by atoms with van der Waals surface area (Å²) in [5.41, 5.74) is 5.64. The van der Waals surface area contributed by atoms with E-state index in [1.54, 1.807) is 7.11 Å². The first-order valence-corrected chi connectivity index (χ1v) is 5.01. The Kier molecular flexibility index (Phi) is 3.89. The van der Waals surface area contributed by atoms with Gasteiger partial charge in [0.1, 0.15) is 0 Å². The standard InChI is InChI=1S/C10H19NO3/c1-13-8-5-3-4-6-10(8,11)7-9(12)14-2/h8H,3-7,11H2,1-2H3. The van der Waals surface area contributed by atoms with Crippen molar-refractivity contribution in [2.45, 2.75) is 43.7 Å². The van der Waals surface area contributed by atoms with Crippen molar-refractivity contribution in [1.82, 2.24) is 0 Å². The van der Waals surface area contributed by atoms with E-state index in [1.807, 2.05) is 0 Å². The van der Waals surface area contributed by atoms with E-state index in [0.29, 0.717) is 0 Å². The molecule has 1 saturated carbocycles. The summed E-state index contributed by atoms with van der Waals surface area (Å²) in [6.07, 6.45) is 4.19. The minimum atomic E-state index is -0.528. The minimum absolute atomic E-state index is 0.0182. The summed E-state index contributed by atoms with van der Waals surface area (Å²) in [4.78, 5) is 11.2. The molecule has 4 nitrogen and oxygen atoms in total. The highest BCUT2D eigenvalue weighted by atomic mass is 16.5. The normalized spacial score (nSPS) is 32.6. The second-order valence-corrected chi connectivity index (χ2v) is 3.96. The maximum Gasteiger partial charge on any atom is 0.307 e. The lowest BCUT2D eigenvalue weighted by Crippen LogP contribution is -2.55. The van der Waals surface area contributed by atoms with Crippen LogP contribution in [0.4, 0.5) is 0 Å². The Hall–Kier alpha value is -0.610. The number of ether oxygens (including phenoxy) is 2.